The van der Waals surface area contributed by atoms with E-state index in [1.165, 1.54) is 23.5 Å². The molecule has 1 fully saturated rings. The van der Waals surface area contributed by atoms with Crippen LogP contribution in [0.4, 0.5) is 13.2 Å². The smallest absolute Gasteiger partial charge is 0.336 e. The molecule has 170 valence electrons. The SMILES string of the molecule is CN1CCN(C(=O)c2ccc(-c3cn4c(-c5ccc(C(F)(F)F)cc5)csc4n3)cc2)CC1. The third-order valence-corrected chi connectivity index (χ3v) is 6.78. The van der Waals surface area contributed by atoms with Crippen molar-refractivity contribution < 1.29 is 18.0 Å². The minimum absolute atomic E-state index is 0.0325. The predicted molar refractivity (Wildman–Crippen MR) is 122 cm³/mol. The number of piperazine rings is 1. The van der Waals surface area contributed by atoms with E-state index in [9.17, 15) is 18.0 Å². The number of imidazole rings is 1. The van der Waals surface area contributed by atoms with Gasteiger partial charge in [-0.25, -0.2) is 4.98 Å². The third kappa shape index (κ3) is 4.26. The number of fused-ring (bicyclic) bond motifs is 1. The quantitative estimate of drug-likeness (QED) is 0.417. The molecule has 3 heterocycles. The summed E-state index contributed by atoms with van der Waals surface area (Å²) in [6, 6.07) is 12.5. The van der Waals surface area contributed by atoms with Gasteiger partial charge in [-0.2, -0.15) is 13.2 Å². The first-order valence-corrected chi connectivity index (χ1v) is 11.4. The summed E-state index contributed by atoms with van der Waals surface area (Å²) in [4.78, 5) is 22.2. The van der Waals surface area contributed by atoms with Gasteiger partial charge in [0, 0.05) is 48.9 Å². The summed E-state index contributed by atoms with van der Waals surface area (Å²) < 4.78 is 40.5. The number of nitrogens with zero attached hydrogens (tertiary/aromatic N) is 4. The van der Waals surface area contributed by atoms with Gasteiger partial charge < -0.3 is 9.80 Å². The first kappa shape index (κ1) is 21.7. The summed E-state index contributed by atoms with van der Waals surface area (Å²) in [5.41, 5.74) is 3.06. The van der Waals surface area contributed by atoms with Crippen molar-refractivity contribution in [3.8, 4) is 22.5 Å². The highest BCUT2D eigenvalue weighted by Crippen LogP contribution is 2.33. The number of benzene rings is 2. The van der Waals surface area contributed by atoms with Gasteiger partial charge in [-0.1, -0.05) is 24.3 Å². The summed E-state index contributed by atoms with van der Waals surface area (Å²) >= 11 is 1.43. The second-order valence-electron chi connectivity index (χ2n) is 8.15. The lowest BCUT2D eigenvalue weighted by Crippen LogP contribution is -2.47. The highest BCUT2D eigenvalue weighted by molar-refractivity contribution is 7.15. The van der Waals surface area contributed by atoms with Crippen LogP contribution in [0.3, 0.4) is 0 Å². The van der Waals surface area contributed by atoms with E-state index in [0.29, 0.717) is 11.1 Å². The molecular weight excluding hydrogens is 449 g/mol. The molecule has 0 aliphatic carbocycles. The number of likely N-dealkylation sites (N-methyl/N-ethyl adjacent to an activating group) is 1. The molecule has 1 amide bonds. The zero-order valence-electron chi connectivity index (χ0n) is 17.8. The minimum Gasteiger partial charge on any atom is -0.336 e. The Morgan fingerprint density at radius 2 is 1.58 bits per heavy atom. The van der Waals surface area contributed by atoms with Crippen molar-refractivity contribution in [1.29, 1.82) is 0 Å². The van der Waals surface area contributed by atoms with Crippen LogP contribution >= 0.6 is 11.3 Å². The summed E-state index contributed by atoms with van der Waals surface area (Å²) in [5.74, 6) is 0.0325. The number of rotatable bonds is 3. The number of amides is 1. The number of thiazole rings is 1. The monoisotopic (exact) mass is 470 g/mol. The van der Waals surface area contributed by atoms with Crippen molar-refractivity contribution in [2.24, 2.45) is 0 Å². The molecule has 0 N–H and O–H groups in total. The number of carbonyl (C=O) groups is 1. The fourth-order valence-electron chi connectivity index (χ4n) is 3.94. The number of hydrogen-bond acceptors (Lipinski definition) is 4. The average molecular weight is 471 g/mol. The normalized spacial score (nSPS) is 15.3. The van der Waals surface area contributed by atoms with Crippen LogP contribution in [0.15, 0.2) is 60.1 Å². The third-order valence-electron chi connectivity index (χ3n) is 5.94. The van der Waals surface area contributed by atoms with Gasteiger partial charge in [-0.05, 0) is 36.9 Å². The van der Waals surface area contributed by atoms with Crippen LogP contribution in [0.2, 0.25) is 0 Å². The topological polar surface area (TPSA) is 40.9 Å². The van der Waals surface area contributed by atoms with Crippen molar-refractivity contribution in [1.82, 2.24) is 19.2 Å². The molecule has 1 aliphatic heterocycles. The van der Waals surface area contributed by atoms with Gasteiger partial charge in [0.2, 0.25) is 0 Å². The van der Waals surface area contributed by atoms with Crippen LogP contribution in [-0.4, -0.2) is 58.3 Å². The van der Waals surface area contributed by atoms with Gasteiger partial charge in [0.25, 0.3) is 5.91 Å². The van der Waals surface area contributed by atoms with Crippen LogP contribution in [-0.2, 0) is 6.18 Å². The van der Waals surface area contributed by atoms with E-state index >= 15 is 0 Å². The molecule has 9 heteroatoms. The molecule has 1 saturated heterocycles. The Labute approximate surface area is 192 Å². The molecule has 0 saturated carbocycles. The second kappa shape index (κ2) is 8.31. The average Bonchev–Trinajstić information content (AvgIpc) is 3.40. The summed E-state index contributed by atoms with van der Waals surface area (Å²) in [6.07, 6.45) is -2.49. The summed E-state index contributed by atoms with van der Waals surface area (Å²) in [5, 5.41) is 1.88. The van der Waals surface area contributed by atoms with Crippen LogP contribution in [0.1, 0.15) is 15.9 Å². The number of alkyl halides is 3. The molecule has 2 aromatic heterocycles. The van der Waals surface area contributed by atoms with Crippen LogP contribution in [0.25, 0.3) is 27.5 Å². The zero-order valence-corrected chi connectivity index (χ0v) is 18.7. The molecule has 2 aromatic carbocycles. The molecule has 1 aliphatic rings. The molecule has 33 heavy (non-hydrogen) atoms. The maximum atomic E-state index is 12.9. The first-order chi connectivity index (χ1) is 15.8. The van der Waals surface area contributed by atoms with Crippen LogP contribution in [0, 0.1) is 0 Å². The highest BCUT2D eigenvalue weighted by atomic mass is 32.1. The molecule has 0 radical (unpaired) electrons. The van der Waals surface area contributed by atoms with Crippen LogP contribution < -0.4 is 0 Å². The largest absolute Gasteiger partial charge is 0.416 e. The zero-order chi connectivity index (χ0) is 23.2. The van der Waals surface area contributed by atoms with E-state index in [2.05, 4.69) is 16.9 Å². The number of hydrogen-bond donors (Lipinski definition) is 0. The Morgan fingerprint density at radius 3 is 2.21 bits per heavy atom. The predicted octanol–water partition coefficient (Wildman–Crippen LogP) is 5.14. The van der Waals surface area contributed by atoms with Crippen molar-refractivity contribution in [3.05, 3.63) is 71.2 Å². The minimum atomic E-state index is -4.36. The molecule has 0 atom stereocenters. The standard InChI is InChI=1S/C24H21F3N4OS/c1-29-10-12-30(13-11-29)22(32)18-4-2-16(3-5-18)20-14-31-21(15-33-23(31)28-20)17-6-8-19(9-7-17)24(25,26)27/h2-9,14-15H,10-13H2,1H3. The van der Waals surface area contributed by atoms with Crippen molar-refractivity contribution in [3.63, 3.8) is 0 Å². The van der Waals surface area contributed by atoms with Crippen LogP contribution in [0.5, 0.6) is 0 Å². The molecule has 5 rings (SSSR count). The van der Waals surface area contributed by atoms with E-state index in [4.69, 9.17) is 0 Å². The Bertz CT molecular complexity index is 1280. The van der Waals surface area contributed by atoms with Gasteiger partial charge in [0.1, 0.15) is 0 Å². The Balaban J connectivity index is 1.38. The van der Waals surface area contributed by atoms with E-state index in [0.717, 1.165) is 60.2 Å². The maximum absolute atomic E-state index is 12.9. The van der Waals surface area contributed by atoms with Crippen molar-refractivity contribution >= 4 is 22.2 Å². The lowest BCUT2D eigenvalue weighted by atomic mass is 10.1. The Kier molecular flexibility index (Phi) is 5.46. The van der Waals surface area contributed by atoms with Gasteiger partial charge in [0.05, 0.1) is 17.0 Å². The maximum Gasteiger partial charge on any atom is 0.416 e. The number of halogens is 3. The molecular formula is C24H21F3N4OS. The molecule has 5 nitrogen and oxygen atoms in total. The van der Waals surface area contributed by atoms with E-state index in [1.807, 2.05) is 45.1 Å². The van der Waals surface area contributed by atoms with Gasteiger partial charge >= 0.3 is 6.18 Å². The number of carbonyl (C=O) groups excluding carboxylic acids is 1. The van der Waals surface area contributed by atoms with E-state index < -0.39 is 11.7 Å². The van der Waals surface area contributed by atoms with Crippen molar-refractivity contribution in [2.75, 3.05) is 33.2 Å². The fourth-order valence-corrected chi connectivity index (χ4v) is 4.82. The lowest BCUT2D eigenvalue weighted by molar-refractivity contribution is -0.137. The molecule has 4 aromatic rings. The second-order valence-corrected chi connectivity index (χ2v) is 8.98. The summed E-state index contributed by atoms with van der Waals surface area (Å²) in [7, 11) is 2.05. The van der Waals surface area contributed by atoms with E-state index in [1.54, 1.807) is 0 Å². The molecule has 0 bridgehead atoms. The molecule has 0 spiro atoms. The van der Waals surface area contributed by atoms with Gasteiger partial charge in [-0.3, -0.25) is 9.20 Å². The number of aromatic nitrogens is 2. The lowest BCUT2D eigenvalue weighted by Gasteiger charge is -2.32. The molecule has 0 unspecified atom stereocenters. The first-order valence-electron chi connectivity index (χ1n) is 10.5. The Morgan fingerprint density at radius 1 is 0.939 bits per heavy atom. The summed E-state index contributed by atoms with van der Waals surface area (Å²) in [6.45, 7) is 3.19. The van der Waals surface area contributed by atoms with Crippen molar-refractivity contribution in [2.45, 2.75) is 6.18 Å². The highest BCUT2D eigenvalue weighted by Gasteiger charge is 2.30. The Hall–Kier alpha value is -3.17. The van der Waals surface area contributed by atoms with Gasteiger partial charge in [-0.15, -0.1) is 11.3 Å². The van der Waals surface area contributed by atoms with Gasteiger partial charge in [0.15, 0.2) is 4.96 Å². The fraction of sp³-hybridized carbons (Fsp3) is 0.250. The van der Waals surface area contributed by atoms with E-state index in [-0.39, 0.29) is 5.91 Å².